The molecule has 0 bridgehead atoms. The third-order valence-electron chi connectivity index (χ3n) is 7.40. The monoisotopic (exact) mass is 620 g/mol. The Morgan fingerprint density at radius 3 is 2.27 bits per heavy atom. The topological polar surface area (TPSA) is 110 Å². The minimum Gasteiger partial charge on any atom is -0.496 e. The number of thioether (sulfide) groups is 1. The molecule has 1 atom stereocenters. The largest absolute Gasteiger partial charge is 0.496 e. The van der Waals surface area contributed by atoms with Crippen molar-refractivity contribution in [3.05, 3.63) is 64.3 Å². The summed E-state index contributed by atoms with van der Waals surface area (Å²) in [6, 6.07) is 14.9. The molecular weight excluding hydrogens is 584 g/mol. The molecule has 1 N–H and O–H groups in total. The predicted octanol–water partition coefficient (Wildman–Crippen LogP) is 6.72. The molecule has 0 radical (unpaired) electrons. The lowest BCUT2D eigenvalue weighted by Crippen LogP contribution is -2.23. The SMILES string of the molecule is COc1cc(OC)c2c(=O)c(OCCCCSC3(C)N=CNc4ccccc43)c(-c3cc(OC)c(OC)c(OC)c3)oc2c1. The zero-order valence-electron chi connectivity index (χ0n) is 25.6. The number of rotatable bonds is 13. The molecule has 44 heavy (non-hydrogen) atoms. The summed E-state index contributed by atoms with van der Waals surface area (Å²) < 4.78 is 40.1. The standard InChI is InChI=1S/C33H36N2O8S/c1-33(22-11-7-8-12-23(22)34-19-35-33)44-14-10-9-13-42-32-29(36)28-24(38-3)17-21(37-2)18-25(28)43-30(32)20-15-26(39-4)31(41-6)27(16-20)40-5/h7-8,11-12,15-19H,9-10,13-14H2,1-6H3,(H,34,35). The Bertz CT molecular complexity index is 1710. The van der Waals surface area contributed by atoms with E-state index in [-0.39, 0.29) is 32.8 Å². The van der Waals surface area contributed by atoms with E-state index in [4.69, 9.17) is 37.8 Å². The maximum Gasteiger partial charge on any atom is 0.239 e. The number of hydrogen-bond donors (Lipinski definition) is 1. The predicted molar refractivity (Wildman–Crippen MR) is 174 cm³/mol. The molecule has 5 rings (SSSR count). The van der Waals surface area contributed by atoms with Crippen LogP contribution in [-0.4, -0.2) is 54.2 Å². The number of hydrogen-bond acceptors (Lipinski definition) is 11. The zero-order chi connectivity index (χ0) is 31.3. The second-order valence-electron chi connectivity index (χ2n) is 10.0. The van der Waals surface area contributed by atoms with Gasteiger partial charge in [0.05, 0.1) is 48.5 Å². The normalized spacial score (nSPS) is 15.3. The molecule has 0 aliphatic carbocycles. The molecule has 0 saturated carbocycles. The summed E-state index contributed by atoms with van der Waals surface area (Å²) >= 11 is 1.77. The summed E-state index contributed by atoms with van der Waals surface area (Å²) in [6.07, 6.45) is 3.31. The van der Waals surface area contributed by atoms with Crippen LogP contribution in [0.5, 0.6) is 34.5 Å². The Morgan fingerprint density at radius 1 is 0.864 bits per heavy atom. The fraction of sp³-hybridized carbons (Fsp3) is 0.333. The van der Waals surface area contributed by atoms with Crippen LogP contribution in [0.2, 0.25) is 0 Å². The summed E-state index contributed by atoms with van der Waals surface area (Å²) in [7, 11) is 7.60. The first-order chi connectivity index (χ1) is 21.4. The van der Waals surface area contributed by atoms with Gasteiger partial charge in [0.25, 0.3) is 0 Å². The molecule has 1 aromatic heterocycles. The van der Waals surface area contributed by atoms with Crippen molar-refractivity contribution in [3.8, 4) is 45.8 Å². The van der Waals surface area contributed by atoms with E-state index in [0.29, 0.717) is 47.3 Å². The summed E-state index contributed by atoms with van der Waals surface area (Å²) in [6.45, 7) is 2.42. The molecule has 232 valence electrons. The van der Waals surface area contributed by atoms with E-state index in [1.54, 1.807) is 42.4 Å². The number of anilines is 1. The van der Waals surface area contributed by atoms with E-state index in [1.807, 2.05) is 12.1 Å². The molecule has 10 nitrogen and oxygen atoms in total. The van der Waals surface area contributed by atoms with Crippen LogP contribution in [0.1, 0.15) is 25.3 Å². The number of nitrogens with one attached hydrogen (secondary N) is 1. The van der Waals surface area contributed by atoms with Crippen LogP contribution in [0.25, 0.3) is 22.3 Å². The number of benzene rings is 3. The van der Waals surface area contributed by atoms with Gasteiger partial charge < -0.3 is 38.2 Å². The van der Waals surface area contributed by atoms with Crippen LogP contribution in [-0.2, 0) is 4.87 Å². The number of para-hydroxylation sites is 1. The smallest absolute Gasteiger partial charge is 0.239 e. The van der Waals surface area contributed by atoms with Crippen LogP contribution >= 0.6 is 11.8 Å². The minimum atomic E-state index is -0.376. The average molecular weight is 621 g/mol. The summed E-state index contributed by atoms with van der Waals surface area (Å²) in [5.41, 5.74) is 2.65. The molecule has 1 aliphatic heterocycles. The highest BCUT2D eigenvalue weighted by atomic mass is 32.2. The summed E-state index contributed by atoms with van der Waals surface area (Å²) in [5, 5.41) is 3.47. The first-order valence-corrected chi connectivity index (χ1v) is 15.1. The van der Waals surface area contributed by atoms with Gasteiger partial charge in [-0.05, 0) is 43.7 Å². The maximum atomic E-state index is 14.0. The Hall–Kier alpha value is -4.51. The fourth-order valence-electron chi connectivity index (χ4n) is 5.13. The van der Waals surface area contributed by atoms with E-state index < -0.39 is 0 Å². The van der Waals surface area contributed by atoms with Gasteiger partial charge in [0, 0.05) is 28.9 Å². The van der Waals surface area contributed by atoms with E-state index >= 15 is 0 Å². The van der Waals surface area contributed by atoms with Gasteiger partial charge in [0.2, 0.25) is 16.9 Å². The lowest BCUT2D eigenvalue weighted by Gasteiger charge is -2.30. The van der Waals surface area contributed by atoms with Crippen molar-refractivity contribution in [2.75, 3.05) is 53.2 Å². The van der Waals surface area contributed by atoms with Crippen molar-refractivity contribution >= 4 is 34.8 Å². The van der Waals surface area contributed by atoms with Crippen LogP contribution in [0, 0.1) is 0 Å². The zero-order valence-corrected chi connectivity index (χ0v) is 26.5. The molecule has 1 unspecified atom stereocenters. The molecule has 0 fully saturated rings. The second-order valence-corrected chi connectivity index (χ2v) is 11.5. The summed E-state index contributed by atoms with van der Waals surface area (Å²) in [4.78, 5) is 18.3. The van der Waals surface area contributed by atoms with E-state index in [0.717, 1.165) is 23.4 Å². The van der Waals surface area contributed by atoms with Crippen molar-refractivity contribution in [2.24, 2.45) is 4.99 Å². The molecule has 3 aromatic carbocycles. The second kappa shape index (κ2) is 13.4. The van der Waals surface area contributed by atoms with Gasteiger partial charge in [-0.15, -0.1) is 11.8 Å². The van der Waals surface area contributed by atoms with Crippen LogP contribution in [0.15, 0.2) is 62.7 Å². The van der Waals surface area contributed by atoms with Gasteiger partial charge in [-0.2, -0.15) is 0 Å². The Labute approximate surface area is 260 Å². The highest BCUT2D eigenvalue weighted by Crippen LogP contribution is 2.45. The van der Waals surface area contributed by atoms with Crippen molar-refractivity contribution in [3.63, 3.8) is 0 Å². The molecule has 11 heteroatoms. The number of nitrogens with zero attached hydrogens (tertiary/aromatic N) is 1. The Kier molecular flexibility index (Phi) is 9.43. The maximum absolute atomic E-state index is 14.0. The van der Waals surface area contributed by atoms with Crippen LogP contribution in [0.4, 0.5) is 5.69 Å². The highest BCUT2D eigenvalue weighted by Gasteiger charge is 2.30. The molecule has 0 saturated heterocycles. The van der Waals surface area contributed by atoms with Gasteiger partial charge in [-0.3, -0.25) is 9.79 Å². The van der Waals surface area contributed by atoms with Crippen molar-refractivity contribution in [1.82, 2.24) is 0 Å². The third-order valence-corrected chi connectivity index (χ3v) is 8.78. The molecule has 0 amide bonds. The number of aliphatic imine (C=N–C) groups is 1. The molecule has 2 heterocycles. The minimum absolute atomic E-state index is 0.0618. The Balaban J connectivity index is 1.43. The van der Waals surface area contributed by atoms with Gasteiger partial charge in [0.15, 0.2) is 17.3 Å². The first kappa shape index (κ1) is 30.9. The van der Waals surface area contributed by atoms with E-state index in [9.17, 15) is 4.79 Å². The molecular formula is C33H36N2O8S. The average Bonchev–Trinajstić information content (AvgIpc) is 3.05. The van der Waals surface area contributed by atoms with E-state index in [2.05, 4.69) is 24.4 Å². The van der Waals surface area contributed by atoms with Crippen molar-refractivity contribution in [2.45, 2.75) is 24.6 Å². The van der Waals surface area contributed by atoms with Crippen LogP contribution in [0.3, 0.4) is 0 Å². The number of methoxy groups -OCH3 is 5. The summed E-state index contributed by atoms with van der Waals surface area (Å²) in [5.74, 6) is 3.17. The van der Waals surface area contributed by atoms with Gasteiger partial charge >= 0.3 is 0 Å². The molecule has 0 spiro atoms. The lowest BCUT2D eigenvalue weighted by molar-refractivity contribution is 0.301. The number of fused-ring (bicyclic) bond motifs is 2. The van der Waals surface area contributed by atoms with E-state index in [1.165, 1.54) is 35.5 Å². The quantitative estimate of drug-likeness (QED) is 0.162. The molecule has 4 aromatic rings. The lowest BCUT2D eigenvalue weighted by atomic mass is 10.1. The Morgan fingerprint density at radius 2 is 1.59 bits per heavy atom. The van der Waals surface area contributed by atoms with Gasteiger partial charge in [0.1, 0.15) is 27.3 Å². The first-order valence-electron chi connectivity index (χ1n) is 14.1. The fourth-order valence-corrected chi connectivity index (χ4v) is 6.33. The highest BCUT2D eigenvalue weighted by molar-refractivity contribution is 8.00. The van der Waals surface area contributed by atoms with Gasteiger partial charge in [-0.1, -0.05) is 18.2 Å². The van der Waals surface area contributed by atoms with Gasteiger partial charge in [-0.25, -0.2) is 0 Å². The number of unbranched alkanes of at least 4 members (excludes halogenated alkanes) is 1. The van der Waals surface area contributed by atoms with Crippen LogP contribution < -0.4 is 39.2 Å². The number of ether oxygens (including phenoxy) is 6. The molecule has 1 aliphatic rings. The van der Waals surface area contributed by atoms with Crippen molar-refractivity contribution < 1.29 is 32.8 Å². The van der Waals surface area contributed by atoms with Crippen molar-refractivity contribution in [1.29, 1.82) is 0 Å². The third kappa shape index (κ3) is 5.96.